The van der Waals surface area contributed by atoms with Crippen LogP contribution in [-0.2, 0) is 0 Å². The van der Waals surface area contributed by atoms with E-state index in [2.05, 4.69) is 26.0 Å². The molecule has 2 aromatic rings. The van der Waals surface area contributed by atoms with Crippen molar-refractivity contribution in [2.45, 2.75) is 0 Å². The van der Waals surface area contributed by atoms with Crippen LogP contribution in [0.2, 0.25) is 5.02 Å². The summed E-state index contributed by atoms with van der Waals surface area (Å²) in [5.41, 5.74) is 7.19. The highest BCUT2D eigenvalue weighted by Crippen LogP contribution is 2.19. The van der Waals surface area contributed by atoms with Gasteiger partial charge in [0.15, 0.2) is 0 Å². The van der Waals surface area contributed by atoms with Gasteiger partial charge in [-0.15, -0.1) is 5.10 Å². The van der Waals surface area contributed by atoms with Gasteiger partial charge in [-0.1, -0.05) is 23.7 Å². The minimum atomic E-state index is 0.426. The smallest absolute Gasteiger partial charge is 0.257 e. The largest absolute Gasteiger partial charge is 0.289 e. The normalized spacial score (nSPS) is 10.1. The van der Waals surface area contributed by atoms with E-state index in [-0.39, 0.29) is 0 Å². The Kier molecular flexibility index (Phi) is 3.28. The zero-order valence-electron chi connectivity index (χ0n) is 8.61. The first-order valence-corrected chi connectivity index (χ1v) is 5.06. The van der Waals surface area contributed by atoms with Gasteiger partial charge >= 0.3 is 0 Å². The summed E-state index contributed by atoms with van der Waals surface area (Å²) in [4.78, 5) is 4.27. The van der Waals surface area contributed by atoms with Gasteiger partial charge in [-0.2, -0.15) is 5.10 Å². The Hall–Kier alpha value is -1.72. The molecule has 82 valence electrons. The molecule has 0 atom stereocenters. The number of halogens is 1. The zero-order valence-corrected chi connectivity index (χ0v) is 9.36. The average Bonchev–Trinajstić information content (AvgIpc) is 2.31. The molecule has 0 fully saturated rings. The molecule has 1 aromatic carbocycles. The molecule has 1 heterocycles. The lowest BCUT2D eigenvalue weighted by Crippen LogP contribution is -2.17. The van der Waals surface area contributed by atoms with E-state index in [1.54, 1.807) is 13.2 Å². The fourth-order valence-electron chi connectivity index (χ4n) is 1.23. The summed E-state index contributed by atoms with van der Waals surface area (Å²) < 4.78 is 0. The van der Waals surface area contributed by atoms with Gasteiger partial charge in [-0.05, 0) is 12.1 Å². The van der Waals surface area contributed by atoms with Gasteiger partial charge in [0.05, 0.1) is 11.9 Å². The van der Waals surface area contributed by atoms with E-state index >= 15 is 0 Å². The van der Waals surface area contributed by atoms with E-state index in [1.165, 1.54) is 0 Å². The number of benzene rings is 1. The molecular weight excluding hydrogens is 226 g/mol. The second-order valence-electron chi connectivity index (χ2n) is 3.05. The average molecular weight is 236 g/mol. The molecule has 0 aliphatic rings. The number of nitrogens with zero attached hydrogens (tertiary/aromatic N) is 3. The van der Waals surface area contributed by atoms with Crippen molar-refractivity contribution >= 4 is 17.5 Å². The molecule has 16 heavy (non-hydrogen) atoms. The van der Waals surface area contributed by atoms with Crippen LogP contribution < -0.4 is 10.9 Å². The van der Waals surface area contributed by atoms with E-state index in [0.717, 1.165) is 11.3 Å². The lowest BCUT2D eigenvalue weighted by molar-refractivity contribution is 0.893. The summed E-state index contributed by atoms with van der Waals surface area (Å²) >= 11 is 5.81. The number of hydrogen-bond donors (Lipinski definition) is 2. The first kappa shape index (κ1) is 10.8. The van der Waals surface area contributed by atoms with Crippen LogP contribution in [0.1, 0.15) is 0 Å². The quantitative estimate of drug-likeness (QED) is 0.794. The molecule has 0 spiro atoms. The first-order valence-electron chi connectivity index (χ1n) is 4.68. The van der Waals surface area contributed by atoms with Crippen LogP contribution in [0.3, 0.4) is 0 Å². The minimum Gasteiger partial charge on any atom is -0.289 e. The second-order valence-corrected chi connectivity index (χ2v) is 3.48. The number of nitrogens with one attached hydrogen (secondary N) is 2. The highest BCUT2D eigenvalue weighted by Gasteiger charge is 2.02. The summed E-state index contributed by atoms with van der Waals surface area (Å²) in [6.45, 7) is 0. The van der Waals surface area contributed by atoms with Crippen molar-refractivity contribution in [2.24, 2.45) is 0 Å². The molecule has 0 radical (unpaired) electrons. The van der Waals surface area contributed by atoms with Crippen molar-refractivity contribution in [2.75, 3.05) is 12.5 Å². The Morgan fingerprint density at radius 2 is 1.94 bits per heavy atom. The summed E-state index contributed by atoms with van der Waals surface area (Å²) in [5.74, 6) is 0.426. The van der Waals surface area contributed by atoms with Crippen LogP contribution in [0.25, 0.3) is 11.3 Å². The Bertz CT molecular complexity index is 471. The number of hydrogen-bond acceptors (Lipinski definition) is 5. The monoisotopic (exact) mass is 235 g/mol. The summed E-state index contributed by atoms with van der Waals surface area (Å²) in [6, 6.07) is 7.39. The van der Waals surface area contributed by atoms with E-state index in [1.807, 2.05) is 24.3 Å². The van der Waals surface area contributed by atoms with Crippen LogP contribution in [-0.4, -0.2) is 22.2 Å². The van der Waals surface area contributed by atoms with Gasteiger partial charge in [0.2, 0.25) is 0 Å². The standard InChI is InChI=1S/C10H10ClN5/c1-12-15-10-14-9(6-13-16-10)7-2-4-8(11)5-3-7/h2-6,12H,1H3,(H,14,15,16). The predicted octanol–water partition coefficient (Wildman–Crippen LogP) is 1.74. The van der Waals surface area contributed by atoms with E-state index < -0.39 is 0 Å². The van der Waals surface area contributed by atoms with Crippen molar-refractivity contribution < 1.29 is 0 Å². The maximum absolute atomic E-state index is 5.81. The predicted molar refractivity (Wildman–Crippen MR) is 63.0 cm³/mol. The van der Waals surface area contributed by atoms with Crippen LogP contribution in [0.4, 0.5) is 5.95 Å². The summed E-state index contributed by atoms with van der Waals surface area (Å²) in [7, 11) is 1.73. The van der Waals surface area contributed by atoms with Crippen molar-refractivity contribution in [1.29, 1.82) is 0 Å². The highest BCUT2D eigenvalue weighted by molar-refractivity contribution is 6.30. The third-order valence-corrected chi connectivity index (χ3v) is 2.19. The van der Waals surface area contributed by atoms with E-state index in [0.29, 0.717) is 11.0 Å². The van der Waals surface area contributed by atoms with Gasteiger partial charge in [-0.3, -0.25) is 5.43 Å². The maximum atomic E-state index is 5.81. The Balaban J connectivity index is 2.32. The zero-order chi connectivity index (χ0) is 11.4. The molecule has 0 bridgehead atoms. The number of anilines is 1. The SMILES string of the molecule is CNNc1nncc(-c2ccc(Cl)cc2)n1. The van der Waals surface area contributed by atoms with Crippen LogP contribution in [0.15, 0.2) is 30.5 Å². The third kappa shape index (κ3) is 2.44. The molecule has 6 heteroatoms. The summed E-state index contributed by atoms with van der Waals surface area (Å²) in [5, 5.41) is 8.36. The van der Waals surface area contributed by atoms with Gasteiger partial charge in [0, 0.05) is 17.6 Å². The van der Waals surface area contributed by atoms with Crippen molar-refractivity contribution in [3.8, 4) is 11.3 Å². The molecule has 1 aromatic heterocycles. The van der Waals surface area contributed by atoms with E-state index in [4.69, 9.17) is 11.6 Å². The number of aromatic nitrogens is 3. The molecule has 5 nitrogen and oxygen atoms in total. The fraction of sp³-hybridized carbons (Fsp3) is 0.100. The molecule has 0 amide bonds. The topological polar surface area (TPSA) is 62.7 Å². The molecule has 0 aliphatic carbocycles. The first-order chi connectivity index (χ1) is 7.79. The lowest BCUT2D eigenvalue weighted by atomic mass is 10.2. The van der Waals surface area contributed by atoms with Gasteiger partial charge in [-0.25, -0.2) is 10.4 Å². The summed E-state index contributed by atoms with van der Waals surface area (Å²) in [6.07, 6.45) is 1.60. The molecule has 0 unspecified atom stereocenters. The van der Waals surface area contributed by atoms with Gasteiger partial charge in [0.25, 0.3) is 5.95 Å². The second kappa shape index (κ2) is 4.87. The van der Waals surface area contributed by atoms with E-state index in [9.17, 15) is 0 Å². The lowest BCUT2D eigenvalue weighted by Gasteiger charge is -2.03. The number of rotatable bonds is 3. The van der Waals surface area contributed by atoms with Gasteiger partial charge < -0.3 is 0 Å². The highest BCUT2D eigenvalue weighted by atomic mass is 35.5. The number of hydrazine groups is 1. The maximum Gasteiger partial charge on any atom is 0.257 e. The molecule has 2 N–H and O–H groups in total. The van der Waals surface area contributed by atoms with Crippen LogP contribution in [0.5, 0.6) is 0 Å². The van der Waals surface area contributed by atoms with Crippen molar-refractivity contribution in [3.05, 3.63) is 35.5 Å². The third-order valence-electron chi connectivity index (χ3n) is 1.94. The van der Waals surface area contributed by atoms with Crippen molar-refractivity contribution in [1.82, 2.24) is 20.6 Å². The Labute approximate surface area is 97.9 Å². The fourth-order valence-corrected chi connectivity index (χ4v) is 1.35. The van der Waals surface area contributed by atoms with Crippen molar-refractivity contribution in [3.63, 3.8) is 0 Å². The minimum absolute atomic E-state index is 0.426. The Morgan fingerprint density at radius 3 is 2.62 bits per heavy atom. The molecule has 2 rings (SSSR count). The molecule has 0 saturated carbocycles. The van der Waals surface area contributed by atoms with Gasteiger partial charge in [0.1, 0.15) is 0 Å². The molecule has 0 aliphatic heterocycles. The molecule has 0 saturated heterocycles. The van der Waals surface area contributed by atoms with Crippen LogP contribution >= 0.6 is 11.6 Å². The van der Waals surface area contributed by atoms with Crippen LogP contribution in [0, 0.1) is 0 Å². The molecular formula is C10H10ClN5. The Morgan fingerprint density at radius 1 is 1.19 bits per heavy atom.